The van der Waals surface area contributed by atoms with E-state index in [1.54, 1.807) is 14.2 Å². The molecule has 3 aromatic rings. The summed E-state index contributed by atoms with van der Waals surface area (Å²) in [5.41, 5.74) is 5.25. The highest BCUT2D eigenvalue weighted by atomic mass is 16.5. The van der Waals surface area contributed by atoms with E-state index in [2.05, 4.69) is 41.0 Å². The lowest BCUT2D eigenvalue weighted by molar-refractivity contribution is -0.678. The van der Waals surface area contributed by atoms with E-state index in [4.69, 9.17) is 9.47 Å². The van der Waals surface area contributed by atoms with E-state index >= 15 is 0 Å². The Labute approximate surface area is 165 Å². The molecule has 2 aromatic carbocycles. The van der Waals surface area contributed by atoms with Crippen LogP contribution < -0.4 is 14.0 Å². The van der Waals surface area contributed by atoms with Crippen LogP contribution in [0.5, 0.6) is 11.5 Å². The van der Waals surface area contributed by atoms with Crippen LogP contribution in [0.15, 0.2) is 60.8 Å². The number of carbonyl (C=O) groups excluding carboxylic acids is 1. The first-order valence-corrected chi connectivity index (χ1v) is 9.42. The van der Waals surface area contributed by atoms with Crippen LogP contribution in [0.1, 0.15) is 38.7 Å². The van der Waals surface area contributed by atoms with Crippen molar-refractivity contribution in [2.75, 3.05) is 14.2 Å². The van der Waals surface area contributed by atoms with Gasteiger partial charge in [0.1, 0.15) is 7.05 Å². The number of benzene rings is 2. The van der Waals surface area contributed by atoms with Crippen molar-refractivity contribution >= 4 is 5.78 Å². The van der Waals surface area contributed by atoms with Crippen molar-refractivity contribution in [3.8, 4) is 11.5 Å². The van der Waals surface area contributed by atoms with E-state index in [1.807, 2.05) is 31.4 Å². The summed E-state index contributed by atoms with van der Waals surface area (Å²) in [4.78, 5) is 13.1. The first kappa shape index (κ1) is 18.2. The smallest absolute Gasteiger partial charge is 0.185 e. The van der Waals surface area contributed by atoms with Crippen molar-refractivity contribution in [1.82, 2.24) is 0 Å². The van der Waals surface area contributed by atoms with Crippen LogP contribution in [0.25, 0.3) is 0 Å². The molecule has 0 amide bonds. The van der Waals surface area contributed by atoms with Gasteiger partial charge in [-0.1, -0.05) is 30.3 Å². The number of ketones is 1. The number of nitrogens with zero attached hydrogens (tertiary/aromatic N) is 1. The second kappa shape index (κ2) is 7.47. The van der Waals surface area contributed by atoms with Gasteiger partial charge in [-0.2, -0.15) is 0 Å². The molecule has 0 bridgehead atoms. The molecule has 4 rings (SSSR count). The minimum atomic E-state index is -0.164. The molecule has 1 heterocycles. The SMILES string of the molecule is COc1cc2c(cc1OC)C(=O)C(c1cc[n+](C)c(Cc3ccccc3)c1)C2. The van der Waals surface area contributed by atoms with Crippen LogP contribution in [-0.4, -0.2) is 20.0 Å². The molecule has 0 aliphatic heterocycles. The first-order valence-electron chi connectivity index (χ1n) is 9.42. The highest BCUT2D eigenvalue weighted by molar-refractivity contribution is 6.05. The maximum absolute atomic E-state index is 13.1. The summed E-state index contributed by atoms with van der Waals surface area (Å²) in [6.07, 6.45) is 3.57. The normalized spacial score (nSPS) is 15.4. The molecular weight excluding hydrogens is 350 g/mol. The monoisotopic (exact) mass is 374 g/mol. The van der Waals surface area contributed by atoms with Gasteiger partial charge in [0.05, 0.1) is 26.6 Å². The van der Waals surface area contributed by atoms with Crippen molar-refractivity contribution in [2.45, 2.75) is 18.8 Å². The van der Waals surface area contributed by atoms with Crippen molar-refractivity contribution < 1.29 is 18.8 Å². The molecule has 1 unspecified atom stereocenters. The average molecular weight is 374 g/mol. The van der Waals surface area contributed by atoms with Gasteiger partial charge < -0.3 is 9.47 Å². The molecule has 0 saturated carbocycles. The molecule has 4 nitrogen and oxygen atoms in total. The summed E-state index contributed by atoms with van der Waals surface area (Å²) in [6, 6.07) is 18.3. The Hall–Kier alpha value is -3.14. The minimum absolute atomic E-state index is 0.149. The number of pyridine rings is 1. The standard InChI is InChI=1S/C24H24NO3/c1-25-10-9-17(12-19(25)11-16-7-5-4-6-8-16)20-13-18-14-22(27-2)23(28-3)15-21(18)24(20)26/h4-10,12,14-15,20H,11,13H2,1-3H3/q+1. The summed E-state index contributed by atoms with van der Waals surface area (Å²) in [5, 5.41) is 0. The number of hydrogen-bond acceptors (Lipinski definition) is 3. The third-order valence-corrected chi connectivity index (χ3v) is 5.52. The summed E-state index contributed by atoms with van der Waals surface area (Å²) in [5.74, 6) is 1.25. The number of carbonyl (C=O) groups is 1. The third-order valence-electron chi connectivity index (χ3n) is 5.52. The van der Waals surface area contributed by atoms with E-state index in [0.717, 1.165) is 23.1 Å². The summed E-state index contributed by atoms with van der Waals surface area (Å²) in [6.45, 7) is 0. The zero-order valence-corrected chi connectivity index (χ0v) is 16.4. The lowest BCUT2D eigenvalue weighted by atomic mass is 9.94. The molecule has 1 atom stereocenters. The number of Topliss-reactive ketones (excluding diaryl/α,β-unsaturated/α-hetero) is 1. The van der Waals surface area contributed by atoms with Crippen LogP contribution in [0.2, 0.25) is 0 Å². The number of hydrogen-bond donors (Lipinski definition) is 0. The Kier molecular flexibility index (Phi) is 4.86. The molecule has 1 aliphatic rings. The fourth-order valence-corrected chi connectivity index (χ4v) is 3.92. The Morgan fingerprint density at radius 1 is 1.00 bits per heavy atom. The topological polar surface area (TPSA) is 39.4 Å². The Morgan fingerprint density at radius 2 is 1.71 bits per heavy atom. The predicted octanol–water partition coefficient (Wildman–Crippen LogP) is 3.64. The molecule has 1 aliphatic carbocycles. The molecule has 0 fully saturated rings. The van der Waals surface area contributed by atoms with Gasteiger partial charge in [0.25, 0.3) is 0 Å². The number of aromatic nitrogens is 1. The fourth-order valence-electron chi connectivity index (χ4n) is 3.92. The number of ether oxygens (including phenoxy) is 2. The van der Waals surface area contributed by atoms with Crippen LogP contribution in [0, 0.1) is 0 Å². The van der Waals surface area contributed by atoms with E-state index < -0.39 is 0 Å². The second-order valence-electron chi connectivity index (χ2n) is 7.21. The highest BCUT2D eigenvalue weighted by Gasteiger charge is 2.34. The molecule has 0 radical (unpaired) electrons. The van der Waals surface area contributed by atoms with Crippen LogP contribution >= 0.6 is 0 Å². The summed E-state index contributed by atoms with van der Waals surface area (Å²) >= 11 is 0. The van der Waals surface area contributed by atoms with Crippen LogP contribution in [0.3, 0.4) is 0 Å². The molecule has 1 aromatic heterocycles. The van der Waals surface area contributed by atoms with E-state index in [9.17, 15) is 4.79 Å². The number of rotatable bonds is 5. The van der Waals surface area contributed by atoms with Gasteiger partial charge in [-0.3, -0.25) is 4.79 Å². The summed E-state index contributed by atoms with van der Waals surface area (Å²) < 4.78 is 12.9. The second-order valence-corrected chi connectivity index (χ2v) is 7.21. The zero-order valence-electron chi connectivity index (χ0n) is 16.4. The molecular formula is C24H24NO3+. The van der Waals surface area contributed by atoms with E-state index in [-0.39, 0.29) is 11.7 Å². The molecule has 142 valence electrons. The maximum atomic E-state index is 13.1. The van der Waals surface area contributed by atoms with Crippen molar-refractivity contribution in [1.29, 1.82) is 0 Å². The van der Waals surface area contributed by atoms with Gasteiger partial charge >= 0.3 is 0 Å². The highest BCUT2D eigenvalue weighted by Crippen LogP contribution is 2.40. The third kappa shape index (κ3) is 3.26. The van der Waals surface area contributed by atoms with Crippen LogP contribution in [-0.2, 0) is 19.9 Å². The Bertz CT molecular complexity index is 1030. The van der Waals surface area contributed by atoms with Gasteiger partial charge in [0.2, 0.25) is 0 Å². The fraction of sp³-hybridized carbons (Fsp3) is 0.250. The summed E-state index contributed by atoms with van der Waals surface area (Å²) in [7, 11) is 5.25. The quantitative estimate of drug-likeness (QED) is 0.640. The van der Waals surface area contributed by atoms with Crippen LogP contribution in [0.4, 0.5) is 0 Å². The molecule has 28 heavy (non-hydrogen) atoms. The Balaban J connectivity index is 1.66. The van der Waals surface area contributed by atoms with Gasteiger partial charge in [0.15, 0.2) is 29.2 Å². The number of aryl methyl sites for hydroxylation is 1. The molecule has 4 heteroatoms. The molecule has 0 saturated heterocycles. The van der Waals surface area contributed by atoms with Crippen molar-refractivity contribution in [2.24, 2.45) is 7.05 Å². The van der Waals surface area contributed by atoms with Crippen molar-refractivity contribution in [3.05, 3.63) is 88.7 Å². The molecule has 0 spiro atoms. The van der Waals surface area contributed by atoms with Gasteiger partial charge in [0, 0.05) is 17.7 Å². The van der Waals surface area contributed by atoms with E-state index in [0.29, 0.717) is 17.9 Å². The Morgan fingerprint density at radius 3 is 2.43 bits per heavy atom. The number of methoxy groups -OCH3 is 2. The number of fused-ring (bicyclic) bond motifs is 1. The maximum Gasteiger partial charge on any atom is 0.185 e. The van der Waals surface area contributed by atoms with Crippen molar-refractivity contribution in [3.63, 3.8) is 0 Å². The molecule has 0 N–H and O–H groups in total. The van der Waals surface area contributed by atoms with Gasteiger partial charge in [-0.05, 0) is 35.2 Å². The lowest BCUT2D eigenvalue weighted by Crippen LogP contribution is -2.33. The zero-order chi connectivity index (χ0) is 19.7. The van der Waals surface area contributed by atoms with E-state index in [1.165, 1.54) is 11.3 Å². The van der Waals surface area contributed by atoms with Gasteiger partial charge in [-0.15, -0.1) is 0 Å². The average Bonchev–Trinajstić information content (AvgIpc) is 3.05. The van der Waals surface area contributed by atoms with Gasteiger partial charge in [-0.25, -0.2) is 4.57 Å². The largest absolute Gasteiger partial charge is 0.493 e. The minimum Gasteiger partial charge on any atom is -0.493 e. The first-order chi connectivity index (χ1) is 13.6. The predicted molar refractivity (Wildman–Crippen MR) is 107 cm³/mol. The lowest BCUT2D eigenvalue weighted by Gasteiger charge is -2.09.